The third-order valence-corrected chi connectivity index (χ3v) is 10.1. The Morgan fingerprint density at radius 1 is 0.533 bits per heavy atom. The van der Waals surface area contributed by atoms with E-state index in [0.717, 1.165) is 6.42 Å². The summed E-state index contributed by atoms with van der Waals surface area (Å²) in [5, 5.41) is 10.4. The van der Waals surface area contributed by atoms with Crippen LogP contribution < -0.4 is 0 Å². The van der Waals surface area contributed by atoms with Gasteiger partial charge in [0, 0.05) is 33.2 Å². The normalized spacial score (nSPS) is 15.9. The first kappa shape index (κ1) is 24.7. The Morgan fingerprint density at radius 3 is 2.09 bits per heavy atom. The number of aromatic nitrogens is 1. The molecule has 0 spiro atoms. The zero-order chi connectivity index (χ0) is 29.5. The summed E-state index contributed by atoms with van der Waals surface area (Å²) in [6, 6.07) is 49.1. The van der Waals surface area contributed by atoms with Gasteiger partial charge in [-0.05, 0) is 74.0 Å². The summed E-state index contributed by atoms with van der Waals surface area (Å²) in [5.41, 5.74) is 10.5. The average Bonchev–Trinajstić information content (AvgIpc) is 3.46. The van der Waals surface area contributed by atoms with Gasteiger partial charge >= 0.3 is 0 Å². The van der Waals surface area contributed by atoms with E-state index >= 15 is 0 Å². The van der Waals surface area contributed by atoms with Gasteiger partial charge in [-0.25, -0.2) is 0 Å². The Labute approximate surface area is 261 Å². The molecule has 0 aliphatic heterocycles. The third-order valence-electron chi connectivity index (χ3n) is 10.1. The molecule has 2 aliphatic rings. The number of nitrogens with zero attached hydrogens (tertiary/aromatic N) is 1. The van der Waals surface area contributed by atoms with Gasteiger partial charge in [0.1, 0.15) is 0 Å². The van der Waals surface area contributed by atoms with E-state index in [0.29, 0.717) is 5.92 Å². The first-order valence-electron chi connectivity index (χ1n) is 15.9. The van der Waals surface area contributed by atoms with Crippen LogP contribution in [-0.2, 0) is 0 Å². The molecule has 1 atom stereocenters. The maximum atomic E-state index is 2.55. The van der Waals surface area contributed by atoms with Crippen LogP contribution >= 0.6 is 0 Å². The molecule has 0 N–H and O–H groups in total. The van der Waals surface area contributed by atoms with Gasteiger partial charge < -0.3 is 4.57 Å². The second kappa shape index (κ2) is 9.42. The molecule has 1 unspecified atom stereocenters. The van der Waals surface area contributed by atoms with Gasteiger partial charge in [0.2, 0.25) is 0 Å². The van der Waals surface area contributed by atoms with Gasteiger partial charge in [0.25, 0.3) is 0 Å². The lowest BCUT2D eigenvalue weighted by atomic mass is 9.79. The van der Waals surface area contributed by atoms with E-state index < -0.39 is 0 Å². The largest absolute Gasteiger partial charge is 0.309 e. The Hall–Kier alpha value is -5.66. The molecule has 2 aliphatic carbocycles. The van der Waals surface area contributed by atoms with Crippen molar-refractivity contribution < 1.29 is 0 Å². The van der Waals surface area contributed by atoms with E-state index in [1.165, 1.54) is 87.6 Å². The Balaban J connectivity index is 1.35. The van der Waals surface area contributed by atoms with Gasteiger partial charge in [-0.1, -0.05) is 140 Å². The number of hydrogen-bond donors (Lipinski definition) is 0. The molecule has 0 saturated carbocycles. The van der Waals surface area contributed by atoms with Gasteiger partial charge in [-0.2, -0.15) is 0 Å². The maximum Gasteiger partial charge on any atom is 0.0626 e. The second-order valence-corrected chi connectivity index (χ2v) is 12.4. The first-order valence-corrected chi connectivity index (χ1v) is 15.9. The first-order chi connectivity index (χ1) is 22.3. The maximum absolute atomic E-state index is 2.55. The van der Waals surface area contributed by atoms with Crippen molar-refractivity contribution in [1.29, 1.82) is 0 Å². The highest BCUT2D eigenvalue weighted by molar-refractivity contribution is 6.38. The number of hydrogen-bond acceptors (Lipinski definition) is 0. The van der Waals surface area contributed by atoms with E-state index in [2.05, 4.69) is 162 Å². The van der Waals surface area contributed by atoms with E-state index in [9.17, 15) is 0 Å². The van der Waals surface area contributed by atoms with Crippen LogP contribution in [0.15, 0.2) is 157 Å². The fourth-order valence-electron chi connectivity index (χ4n) is 8.15. The summed E-state index contributed by atoms with van der Waals surface area (Å²) >= 11 is 0. The highest BCUT2D eigenvalue weighted by Crippen LogP contribution is 2.48. The monoisotopic (exact) mass is 571 g/mol. The SMILES string of the molecule is C1=Cc2ccccc2C2CC=C(n3c4ccccc4c4c5c6ccccc6c(-c6ccccc6)cc5c5ccccc5c43)C=C12. The smallest absolute Gasteiger partial charge is 0.0626 e. The van der Waals surface area contributed by atoms with Crippen molar-refractivity contribution in [1.82, 2.24) is 4.57 Å². The summed E-state index contributed by atoms with van der Waals surface area (Å²) in [7, 11) is 0. The Kier molecular flexibility index (Phi) is 5.18. The lowest BCUT2D eigenvalue weighted by Gasteiger charge is -2.28. The van der Waals surface area contributed by atoms with Gasteiger partial charge in [-0.3, -0.25) is 0 Å². The Morgan fingerprint density at radius 2 is 1.22 bits per heavy atom. The van der Waals surface area contributed by atoms with Gasteiger partial charge in [0.15, 0.2) is 0 Å². The van der Waals surface area contributed by atoms with E-state index in [4.69, 9.17) is 0 Å². The van der Waals surface area contributed by atoms with Crippen molar-refractivity contribution in [2.45, 2.75) is 12.3 Å². The third kappa shape index (κ3) is 3.50. The van der Waals surface area contributed by atoms with Crippen LogP contribution in [0.5, 0.6) is 0 Å². The summed E-state index contributed by atoms with van der Waals surface area (Å²) in [6.45, 7) is 0. The number of benzene rings is 7. The van der Waals surface area contributed by atoms with Gasteiger partial charge in [-0.15, -0.1) is 0 Å². The molecule has 1 nitrogen and oxygen atoms in total. The predicted molar refractivity (Wildman–Crippen MR) is 193 cm³/mol. The van der Waals surface area contributed by atoms with Crippen molar-refractivity contribution in [3.8, 4) is 11.1 Å². The number of allylic oxidation sites excluding steroid dienone is 5. The minimum Gasteiger partial charge on any atom is -0.309 e. The molecule has 1 heteroatoms. The van der Waals surface area contributed by atoms with Crippen LogP contribution in [0.4, 0.5) is 0 Å². The number of rotatable bonds is 2. The van der Waals surface area contributed by atoms with Crippen LogP contribution in [0.25, 0.3) is 77.0 Å². The van der Waals surface area contributed by atoms with Crippen LogP contribution in [0.1, 0.15) is 23.5 Å². The fraction of sp³-hybridized carbons (Fsp3) is 0.0455. The molecule has 0 bridgehead atoms. The van der Waals surface area contributed by atoms with Crippen LogP contribution in [0, 0.1) is 0 Å². The van der Waals surface area contributed by atoms with Crippen molar-refractivity contribution in [2.24, 2.45) is 0 Å². The molecule has 0 radical (unpaired) electrons. The zero-order valence-electron chi connectivity index (χ0n) is 24.7. The lowest BCUT2D eigenvalue weighted by molar-refractivity contribution is 0.808. The minimum absolute atomic E-state index is 0.404. The molecule has 1 aromatic heterocycles. The van der Waals surface area contributed by atoms with E-state index in [-0.39, 0.29) is 0 Å². The molecule has 0 amide bonds. The molecule has 0 fully saturated rings. The fourth-order valence-corrected chi connectivity index (χ4v) is 8.15. The van der Waals surface area contributed by atoms with Crippen LogP contribution in [0.2, 0.25) is 0 Å². The predicted octanol–water partition coefficient (Wildman–Crippen LogP) is 11.9. The topological polar surface area (TPSA) is 4.93 Å². The quantitative estimate of drug-likeness (QED) is 0.182. The van der Waals surface area contributed by atoms with E-state index in [1.54, 1.807) is 0 Å². The molecule has 8 aromatic rings. The molecule has 0 saturated heterocycles. The van der Waals surface area contributed by atoms with Crippen LogP contribution in [0.3, 0.4) is 0 Å². The highest BCUT2D eigenvalue weighted by atomic mass is 15.0. The summed E-state index contributed by atoms with van der Waals surface area (Å²) in [6.07, 6.45) is 10.5. The highest BCUT2D eigenvalue weighted by Gasteiger charge is 2.26. The average molecular weight is 572 g/mol. The van der Waals surface area contributed by atoms with Gasteiger partial charge in [0.05, 0.1) is 11.0 Å². The van der Waals surface area contributed by atoms with Crippen molar-refractivity contribution in [3.05, 3.63) is 168 Å². The van der Waals surface area contributed by atoms with E-state index in [1.807, 2.05) is 0 Å². The summed E-state index contributed by atoms with van der Waals surface area (Å²) in [5.74, 6) is 0.404. The number of para-hydroxylation sites is 1. The van der Waals surface area contributed by atoms with Crippen molar-refractivity contribution >= 4 is 65.9 Å². The standard InChI is InChI=1S/C44H29N/c1-2-12-28(13-3-1)39-27-40-35-17-7-9-19-37(35)44-43(42(40)36-18-8-6-16-34(36)39)38-20-10-11-21-41(38)45(44)31-24-25-33-30(26-31)23-22-29-14-4-5-15-32(29)33/h1-24,26-27,33H,25H2. The van der Waals surface area contributed by atoms with Crippen molar-refractivity contribution in [3.63, 3.8) is 0 Å². The summed E-state index contributed by atoms with van der Waals surface area (Å²) < 4.78 is 2.55. The molecule has 1 heterocycles. The molecule has 7 aromatic carbocycles. The molecule has 210 valence electrons. The molecule has 10 rings (SSSR count). The molecular formula is C44H29N. The number of fused-ring (bicyclic) bond motifs is 13. The molecular weight excluding hydrogens is 542 g/mol. The molecule has 45 heavy (non-hydrogen) atoms. The lowest BCUT2D eigenvalue weighted by Crippen LogP contribution is -2.11. The van der Waals surface area contributed by atoms with Crippen LogP contribution in [-0.4, -0.2) is 4.57 Å². The summed E-state index contributed by atoms with van der Waals surface area (Å²) in [4.78, 5) is 0. The zero-order valence-corrected chi connectivity index (χ0v) is 24.7. The minimum atomic E-state index is 0.404. The second-order valence-electron chi connectivity index (χ2n) is 12.4. The van der Waals surface area contributed by atoms with Crippen molar-refractivity contribution in [2.75, 3.05) is 0 Å². The Bertz CT molecular complexity index is 2610.